The van der Waals surface area contributed by atoms with Crippen molar-refractivity contribution in [3.63, 3.8) is 0 Å². The molecule has 11 rings (SSSR count). The summed E-state index contributed by atoms with van der Waals surface area (Å²) in [5.41, 5.74) is 7.51. The maximum Gasteiger partial charge on any atom is 0.0362 e. The van der Waals surface area contributed by atoms with Gasteiger partial charge in [-0.15, -0.1) is 11.3 Å². The Bertz CT molecular complexity index is 3130. The summed E-state index contributed by atoms with van der Waals surface area (Å²) in [6.45, 7) is 0. The Kier molecular flexibility index (Phi) is 6.22. The molecule has 0 bridgehead atoms. The summed E-state index contributed by atoms with van der Waals surface area (Å²) in [4.78, 5) is 0. The monoisotopic (exact) mass is 662 g/mol. The predicted molar refractivity (Wildman–Crippen MR) is 223 cm³/mol. The molecule has 0 nitrogen and oxygen atoms in total. The van der Waals surface area contributed by atoms with Crippen LogP contribution in [0.5, 0.6) is 0 Å². The molecule has 10 aromatic carbocycles. The number of hydrogen-bond acceptors (Lipinski definition) is 1. The SMILES string of the molecule is c1ccc(-c2cccc(-c3c4ccccc4c(-c4ccc5c(c4)c4ccccc4c4ccc6sc7ccccc7c6c45)c4ccccc34)c2)cc1. The van der Waals surface area contributed by atoms with Crippen molar-refractivity contribution in [2.75, 3.05) is 0 Å². The third kappa shape index (κ3) is 4.26. The van der Waals surface area contributed by atoms with E-state index < -0.39 is 0 Å². The molecule has 0 radical (unpaired) electrons. The van der Waals surface area contributed by atoms with E-state index >= 15 is 0 Å². The van der Waals surface area contributed by atoms with Crippen LogP contribution in [-0.4, -0.2) is 0 Å². The van der Waals surface area contributed by atoms with Crippen LogP contribution in [0, 0.1) is 0 Å². The molecule has 11 aromatic rings. The quantitative estimate of drug-likeness (QED) is 0.130. The van der Waals surface area contributed by atoms with E-state index in [2.05, 4.69) is 182 Å². The minimum absolute atomic E-state index is 1.23. The molecule has 0 saturated heterocycles. The Labute approximate surface area is 299 Å². The fourth-order valence-corrected chi connectivity index (χ4v) is 9.76. The third-order valence-corrected chi connectivity index (χ3v) is 12.0. The average Bonchev–Trinajstić information content (AvgIpc) is 3.59. The summed E-state index contributed by atoms with van der Waals surface area (Å²) in [7, 11) is 0. The van der Waals surface area contributed by atoms with Crippen LogP contribution in [-0.2, 0) is 0 Å². The summed E-state index contributed by atoms with van der Waals surface area (Å²) < 4.78 is 2.68. The molecule has 51 heavy (non-hydrogen) atoms. The van der Waals surface area contributed by atoms with Crippen molar-refractivity contribution < 1.29 is 0 Å². The van der Waals surface area contributed by atoms with Gasteiger partial charge in [-0.05, 0) is 112 Å². The highest BCUT2D eigenvalue weighted by molar-refractivity contribution is 7.26. The van der Waals surface area contributed by atoms with E-state index in [1.165, 1.54) is 107 Å². The molecule has 0 amide bonds. The molecule has 0 spiro atoms. The van der Waals surface area contributed by atoms with Crippen molar-refractivity contribution in [1.82, 2.24) is 0 Å². The molecular weight excluding hydrogens is 633 g/mol. The van der Waals surface area contributed by atoms with Gasteiger partial charge in [-0.2, -0.15) is 0 Å². The lowest BCUT2D eigenvalue weighted by Crippen LogP contribution is -1.92. The van der Waals surface area contributed by atoms with Gasteiger partial charge in [0.05, 0.1) is 0 Å². The molecule has 1 heteroatoms. The highest BCUT2D eigenvalue weighted by atomic mass is 32.1. The fourth-order valence-electron chi connectivity index (χ4n) is 8.65. The van der Waals surface area contributed by atoms with Gasteiger partial charge in [0, 0.05) is 20.2 Å². The van der Waals surface area contributed by atoms with Gasteiger partial charge in [-0.25, -0.2) is 0 Å². The summed E-state index contributed by atoms with van der Waals surface area (Å²) >= 11 is 1.89. The van der Waals surface area contributed by atoms with Crippen LogP contribution in [0.1, 0.15) is 0 Å². The molecule has 0 aliphatic carbocycles. The van der Waals surface area contributed by atoms with Gasteiger partial charge in [-0.1, -0.05) is 158 Å². The summed E-state index contributed by atoms with van der Waals surface area (Å²) in [6, 6.07) is 67.4. The van der Waals surface area contributed by atoms with E-state index in [9.17, 15) is 0 Å². The number of benzene rings is 10. The van der Waals surface area contributed by atoms with E-state index in [4.69, 9.17) is 0 Å². The normalized spacial score (nSPS) is 11.9. The standard InChI is InChI=1S/C50H30S/c1-2-13-31(14-3-1)32-15-12-16-33(29-32)47-37-19-6-8-21-39(37)48(40-22-9-7-20-38(40)47)34-25-26-42-44(30-34)36-18-5-4-17-35(36)41-27-28-46-50(49(41)42)43-23-10-11-24-45(43)51-46/h1-30H. The first-order valence-electron chi connectivity index (χ1n) is 17.6. The van der Waals surface area contributed by atoms with Gasteiger partial charge >= 0.3 is 0 Å². The van der Waals surface area contributed by atoms with Crippen molar-refractivity contribution in [1.29, 1.82) is 0 Å². The Balaban J connectivity index is 1.23. The van der Waals surface area contributed by atoms with Crippen LogP contribution in [0.3, 0.4) is 0 Å². The highest BCUT2D eigenvalue weighted by Crippen LogP contribution is 2.48. The number of fused-ring (bicyclic) bond motifs is 12. The van der Waals surface area contributed by atoms with Crippen molar-refractivity contribution in [2.24, 2.45) is 0 Å². The molecular formula is C50H30S. The molecule has 0 aliphatic rings. The zero-order valence-electron chi connectivity index (χ0n) is 27.7. The topological polar surface area (TPSA) is 0 Å². The van der Waals surface area contributed by atoms with Gasteiger partial charge in [0.15, 0.2) is 0 Å². The van der Waals surface area contributed by atoms with Crippen LogP contribution in [0.4, 0.5) is 0 Å². The maximum absolute atomic E-state index is 2.47. The van der Waals surface area contributed by atoms with Crippen molar-refractivity contribution >= 4 is 85.4 Å². The summed E-state index contributed by atoms with van der Waals surface area (Å²) in [5, 5.41) is 15.7. The Morgan fingerprint density at radius 1 is 0.235 bits per heavy atom. The van der Waals surface area contributed by atoms with E-state index in [-0.39, 0.29) is 0 Å². The number of thiophene rings is 1. The second kappa shape index (κ2) is 11.1. The minimum atomic E-state index is 1.23. The summed E-state index contributed by atoms with van der Waals surface area (Å²) in [6.07, 6.45) is 0. The predicted octanol–water partition coefficient (Wildman–Crippen LogP) is 14.8. The first kappa shape index (κ1) is 28.5. The largest absolute Gasteiger partial charge is 0.135 e. The molecule has 1 aromatic heterocycles. The minimum Gasteiger partial charge on any atom is -0.135 e. The van der Waals surface area contributed by atoms with Crippen molar-refractivity contribution in [3.05, 3.63) is 182 Å². The van der Waals surface area contributed by atoms with Gasteiger partial charge in [-0.3, -0.25) is 0 Å². The van der Waals surface area contributed by atoms with Crippen LogP contribution < -0.4 is 0 Å². The van der Waals surface area contributed by atoms with Crippen LogP contribution in [0.15, 0.2) is 182 Å². The van der Waals surface area contributed by atoms with Gasteiger partial charge < -0.3 is 0 Å². The van der Waals surface area contributed by atoms with Gasteiger partial charge in [0.25, 0.3) is 0 Å². The molecule has 0 atom stereocenters. The smallest absolute Gasteiger partial charge is 0.0362 e. The molecule has 1 heterocycles. The van der Waals surface area contributed by atoms with Crippen LogP contribution in [0.25, 0.3) is 107 Å². The molecule has 236 valence electrons. The fraction of sp³-hybridized carbons (Fsp3) is 0. The molecule has 0 unspecified atom stereocenters. The Morgan fingerprint density at radius 3 is 1.41 bits per heavy atom. The highest BCUT2D eigenvalue weighted by Gasteiger charge is 2.19. The second-order valence-electron chi connectivity index (χ2n) is 13.6. The van der Waals surface area contributed by atoms with Crippen molar-refractivity contribution in [2.45, 2.75) is 0 Å². The summed E-state index contributed by atoms with van der Waals surface area (Å²) in [5.74, 6) is 0. The molecule has 0 aliphatic heterocycles. The van der Waals surface area contributed by atoms with Crippen LogP contribution >= 0.6 is 11.3 Å². The lowest BCUT2D eigenvalue weighted by Gasteiger charge is -2.19. The number of rotatable bonds is 3. The average molecular weight is 663 g/mol. The van der Waals surface area contributed by atoms with Gasteiger partial charge in [0.2, 0.25) is 0 Å². The molecule has 0 saturated carbocycles. The van der Waals surface area contributed by atoms with Gasteiger partial charge in [0.1, 0.15) is 0 Å². The lowest BCUT2D eigenvalue weighted by molar-refractivity contribution is 1.61. The Hall–Kier alpha value is -6.28. The van der Waals surface area contributed by atoms with E-state index in [0.29, 0.717) is 0 Å². The van der Waals surface area contributed by atoms with Crippen LogP contribution in [0.2, 0.25) is 0 Å². The van der Waals surface area contributed by atoms with E-state index in [1.807, 2.05) is 11.3 Å². The van der Waals surface area contributed by atoms with Crippen molar-refractivity contribution in [3.8, 4) is 33.4 Å². The first-order valence-corrected chi connectivity index (χ1v) is 18.4. The van der Waals surface area contributed by atoms with E-state index in [0.717, 1.165) is 0 Å². The second-order valence-corrected chi connectivity index (χ2v) is 14.6. The lowest BCUT2D eigenvalue weighted by atomic mass is 9.84. The molecule has 0 N–H and O–H groups in total. The number of hydrogen-bond donors (Lipinski definition) is 0. The molecule has 0 fully saturated rings. The van der Waals surface area contributed by atoms with E-state index in [1.54, 1.807) is 0 Å². The first-order chi connectivity index (χ1) is 25.3. The maximum atomic E-state index is 2.47. The third-order valence-electron chi connectivity index (χ3n) is 10.8. The zero-order chi connectivity index (χ0) is 33.5. The zero-order valence-corrected chi connectivity index (χ0v) is 28.5. The Morgan fingerprint density at radius 2 is 0.725 bits per heavy atom.